The highest BCUT2D eigenvalue weighted by Crippen LogP contribution is 2.26. The van der Waals surface area contributed by atoms with Crippen molar-refractivity contribution in [3.63, 3.8) is 0 Å². The Morgan fingerprint density at radius 1 is 1.04 bits per heavy atom. The molecule has 1 aliphatic heterocycles. The number of halogens is 1. The molecule has 0 fully saturated rings. The lowest BCUT2D eigenvalue weighted by molar-refractivity contribution is -0.178. The van der Waals surface area contributed by atoms with Crippen molar-refractivity contribution in [2.45, 2.75) is 65.2 Å². The minimum atomic E-state index is -1.12. The molecule has 45 heavy (non-hydrogen) atoms. The number of benzene rings is 2. The van der Waals surface area contributed by atoms with Crippen LogP contribution in [0.2, 0.25) is 5.02 Å². The highest BCUT2D eigenvalue weighted by Gasteiger charge is 2.34. The van der Waals surface area contributed by atoms with Crippen molar-refractivity contribution < 1.29 is 33.4 Å². The molecule has 0 saturated heterocycles. The first kappa shape index (κ1) is 35.4. The van der Waals surface area contributed by atoms with E-state index in [-0.39, 0.29) is 31.2 Å². The molecule has 0 aliphatic carbocycles. The van der Waals surface area contributed by atoms with E-state index in [2.05, 4.69) is 10.6 Å². The molecule has 0 spiro atoms. The smallest absolute Gasteiger partial charge is 0.348 e. The Bertz CT molecular complexity index is 1380. The van der Waals surface area contributed by atoms with E-state index in [4.69, 9.17) is 25.8 Å². The van der Waals surface area contributed by atoms with Gasteiger partial charge in [0.15, 0.2) is 0 Å². The van der Waals surface area contributed by atoms with Gasteiger partial charge in [-0.3, -0.25) is 14.4 Å². The van der Waals surface area contributed by atoms with Crippen LogP contribution in [0.3, 0.4) is 0 Å². The number of hydrogen-bond donors (Lipinski definition) is 2. The van der Waals surface area contributed by atoms with Crippen molar-refractivity contribution in [1.82, 2.24) is 10.6 Å². The molecule has 9 nitrogen and oxygen atoms in total. The van der Waals surface area contributed by atoms with Gasteiger partial charge in [0.2, 0.25) is 17.9 Å². The Hall–Kier alpha value is -4.11. The maximum absolute atomic E-state index is 13.4. The minimum absolute atomic E-state index is 0.0601. The van der Waals surface area contributed by atoms with E-state index in [0.29, 0.717) is 22.8 Å². The van der Waals surface area contributed by atoms with Crippen LogP contribution in [-0.4, -0.2) is 55.7 Å². The summed E-state index contributed by atoms with van der Waals surface area (Å²) in [4.78, 5) is 52.8. The number of rotatable bonds is 8. The topological polar surface area (TPSA) is 120 Å². The Kier molecular flexibility index (Phi) is 13.7. The second-order valence-corrected chi connectivity index (χ2v) is 11.8. The number of cyclic esters (lactones) is 2. The molecule has 2 N–H and O–H groups in total. The van der Waals surface area contributed by atoms with Crippen molar-refractivity contribution in [3.8, 4) is 5.75 Å². The van der Waals surface area contributed by atoms with E-state index in [0.717, 1.165) is 5.56 Å². The molecule has 0 bridgehead atoms. The zero-order valence-electron chi connectivity index (χ0n) is 26.5. The van der Waals surface area contributed by atoms with Crippen LogP contribution in [0.4, 0.5) is 0 Å². The van der Waals surface area contributed by atoms with Crippen molar-refractivity contribution in [2.75, 3.05) is 13.7 Å². The fraction of sp³-hybridized carbons (Fsp3) is 0.429. The summed E-state index contributed by atoms with van der Waals surface area (Å²) in [7, 11) is 1.51. The van der Waals surface area contributed by atoms with Gasteiger partial charge in [-0.25, -0.2) is 4.79 Å². The molecule has 1 aliphatic rings. The van der Waals surface area contributed by atoms with Crippen LogP contribution in [0.25, 0.3) is 6.08 Å². The first-order valence-corrected chi connectivity index (χ1v) is 15.6. The molecule has 2 amide bonds. The average molecular weight is 639 g/mol. The summed E-state index contributed by atoms with van der Waals surface area (Å²) in [6.45, 7) is 7.17. The highest BCUT2D eigenvalue weighted by molar-refractivity contribution is 6.32. The third-order valence-electron chi connectivity index (χ3n) is 7.79. The summed E-state index contributed by atoms with van der Waals surface area (Å²) in [5.74, 6) is -3.10. The van der Waals surface area contributed by atoms with Crippen LogP contribution in [-0.2, 0) is 35.1 Å². The number of ether oxygens (including phenoxy) is 3. The monoisotopic (exact) mass is 638 g/mol. The highest BCUT2D eigenvalue weighted by atomic mass is 35.5. The van der Waals surface area contributed by atoms with E-state index in [1.807, 2.05) is 63.3 Å². The largest absolute Gasteiger partial charge is 0.495 e. The molecular formula is C35H43ClN2O7. The van der Waals surface area contributed by atoms with Crippen LogP contribution in [0.5, 0.6) is 5.75 Å². The fourth-order valence-electron chi connectivity index (χ4n) is 4.66. The Morgan fingerprint density at radius 2 is 1.78 bits per heavy atom. The third-order valence-corrected chi connectivity index (χ3v) is 8.09. The van der Waals surface area contributed by atoms with Crippen molar-refractivity contribution in [2.24, 2.45) is 17.8 Å². The SMILES string of the molecule is CCC(C)C1OC(=O)C(C)CNC(=O)C(Cc2ccc(OC)c(Cl)c2)NC(=O)C=CCC(C(C)C=Cc2ccccc2)OC1=O. The molecule has 2 aromatic carbocycles. The van der Waals surface area contributed by atoms with E-state index in [1.54, 1.807) is 31.2 Å². The van der Waals surface area contributed by atoms with Gasteiger partial charge in [0, 0.05) is 31.2 Å². The number of hydrogen-bond acceptors (Lipinski definition) is 7. The van der Waals surface area contributed by atoms with Crippen LogP contribution >= 0.6 is 11.6 Å². The molecular weight excluding hydrogens is 596 g/mol. The van der Waals surface area contributed by atoms with E-state index >= 15 is 0 Å². The lowest BCUT2D eigenvalue weighted by Crippen LogP contribution is -2.49. The van der Waals surface area contributed by atoms with Crippen molar-refractivity contribution in [3.05, 3.63) is 82.9 Å². The second-order valence-electron chi connectivity index (χ2n) is 11.4. The quantitative estimate of drug-likeness (QED) is 0.376. The normalized spacial score (nSPS) is 23.4. The molecule has 242 valence electrons. The van der Waals surface area contributed by atoms with Gasteiger partial charge in [0.1, 0.15) is 17.9 Å². The van der Waals surface area contributed by atoms with Gasteiger partial charge in [-0.2, -0.15) is 0 Å². The first-order valence-electron chi connectivity index (χ1n) is 15.2. The van der Waals surface area contributed by atoms with Gasteiger partial charge < -0.3 is 24.8 Å². The molecule has 6 unspecified atom stereocenters. The number of esters is 2. The molecule has 0 saturated carbocycles. The molecule has 1 heterocycles. The van der Waals surface area contributed by atoms with Crippen LogP contribution in [0, 0.1) is 17.8 Å². The lowest BCUT2D eigenvalue weighted by atomic mass is 9.98. The standard InChI is InChI=1S/C35H43ClN2O7/c1-6-22(2)32-35(42)44-29(23(3)15-16-25-11-8-7-9-12-25)13-10-14-31(39)38-28(33(40)37-21-24(4)34(41)45-32)20-26-17-18-30(43-5)27(36)19-26/h7-12,14-19,22-24,28-29,32H,6,13,20-21H2,1-5H3,(H,37,40)(H,38,39). The molecule has 0 aromatic heterocycles. The van der Waals surface area contributed by atoms with Gasteiger partial charge in [0.05, 0.1) is 18.1 Å². The van der Waals surface area contributed by atoms with Gasteiger partial charge in [-0.15, -0.1) is 0 Å². The molecule has 6 atom stereocenters. The van der Waals surface area contributed by atoms with Gasteiger partial charge in [0.25, 0.3) is 0 Å². The third kappa shape index (κ3) is 10.8. The van der Waals surface area contributed by atoms with Crippen LogP contribution in [0.15, 0.2) is 66.8 Å². The van der Waals surface area contributed by atoms with E-state index < -0.39 is 47.9 Å². The zero-order valence-corrected chi connectivity index (χ0v) is 27.2. The maximum Gasteiger partial charge on any atom is 0.348 e. The van der Waals surface area contributed by atoms with Gasteiger partial charge >= 0.3 is 11.9 Å². The molecule has 10 heteroatoms. The number of amides is 2. The minimum Gasteiger partial charge on any atom is -0.495 e. The summed E-state index contributed by atoms with van der Waals surface area (Å²) >= 11 is 6.29. The van der Waals surface area contributed by atoms with Crippen LogP contribution in [0.1, 0.15) is 51.7 Å². The number of methoxy groups -OCH3 is 1. The van der Waals surface area contributed by atoms with E-state index in [1.165, 1.54) is 13.2 Å². The Morgan fingerprint density at radius 3 is 2.44 bits per heavy atom. The summed E-state index contributed by atoms with van der Waals surface area (Å²) in [6, 6.07) is 13.9. The first-order chi connectivity index (χ1) is 21.5. The number of nitrogens with one attached hydrogen (secondary N) is 2. The molecule has 3 rings (SSSR count). The number of carbonyl (C=O) groups is 4. The molecule has 2 aromatic rings. The Labute approximate surface area is 270 Å². The van der Waals surface area contributed by atoms with Gasteiger partial charge in [-0.1, -0.05) is 93.9 Å². The van der Waals surface area contributed by atoms with Crippen molar-refractivity contribution in [1.29, 1.82) is 0 Å². The summed E-state index contributed by atoms with van der Waals surface area (Å²) in [5.41, 5.74) is 1.69. The van der Waals surface area contributed by atoms with Crippen molar-refractivity contribution >= 4 is 41.4 Å². The summed E-state index contributed by atoms with van der Waals surface area (Å²) in [5, 5.41) is 5.85. The van der Waals surface area contributed by atoms with Crippen LogP contribution < -0.4 is 15.4 Å². The van der Waals surface area contributed by atoms with Gasteiger partial charge in [-0.05, 0) is 35.8 Å². The fourth-order valence-corrected chi connectivity index (χ4v) is 4.94. The lowest BCUT2D eigenvalue weighted by Gasteiger charge is -2.28. The average Bonchev–Trinajstić information content (AvgIpc) is 3.03. The predicted octanol–water partition coefficient (Wildman–Crippen LogP) is 5.31. The number of carbonyl (C=O) groups excluding carboxylic acids is 4. The Balaban J connectivity index is 1.90. The summed E-state index contributed by atoms with van der Waals surface area (Å²) < 4.78 is 16.9. The zero-order chi connectivity index (χ0) is 32.9. The molecule has 0 radical (unpaired) electrons. The predicted molar refractivity (Wildman–Crippen MR) is 173 cm³/mol. The summed E-state index contributed by atoms with van der Waals surface area (Å²) in [6.07, 6.45) is 5.96. The van der Waals surface area contributed by atoms with E-state index in [9.17, 15) is 19.2 Å². The second kappa shape index (κ2) is 17.4. The maximum atomic E-state index is 13.4.